The molecular formula is C15H12F2N2. The lowest BCUT2D eigenvalue weighted by Crippen LogP contribution is -2.10. The van der Waals surface area contributed by atoms with Gasteiger partial charge in [0.05, 0.1) is 6.07 Å². The lowest BCUT2D eigenvalue weighted by atomic mass is 10.1. The molecule has 0 aromatic heterocycles. The Morgan fingerprint density at radius 1 is 1.11 bits per heavy atom. The highest BCUT2D eigenvalue weighted by molar-refractivity contribution is 5.48. The molecule has 0 fully saturated rings. The van der Waals surface area contributed by atoms with Gasteiger partial charge in [-0.15, -0.1) is 0 Å². The van der Waals surface area contributed by atoms with E-state index in [4.69, 9.17) is 5.26 Å². The van der Waals surface area contributed by atoms with Crippen molar-refractivity contribution in [1.82, 2.24) is 0 Å². The molecule has 0 amide bonds. The first kappa shape index (κ1) is 13.0. The van der Waals surface area contributed by atoms with Gasteiger partial charge in [0.15, 0.2) is 0 Å². The van der Waals surface area contributed by atoms with Crippen molar-refractivity contribution >= 4 is 5.69 Å². The minimum Gasteiger partial charge on any atom is -0.366 e. The van der Waals surface area contributed by atoms with E-state index in [9.17, 15) is 8.78 Å². The Labute approximate surface area is 110 Å². The third-order valence-corrected chi connectivity index (χ3v) is 2.77. The van der Waals surface area contributed by atoms with Crippen LogP contribution in [0.4, 0.5) is 14.5 Å². The van der Waals surface area contributed by atoms with Crippen molar-refractivity contribution in [3.63, 3.8) is 0 Å². The molecule has 96 valence electrons. The highest BCUT2D eigenvalue weighted by Gasteiger charge is 2.15. The van der Waals surface area contributed by atoms with Gasteiger partial charge in [-0.25, -0.2) is 8.78 Å². The lowest BCUT2D eigenvalue weighted by Gasteiger charge is -2.14. The van der Waals surface area contributed by atoms with E-state index in [2.05, 4.69) is 5.32 Å². The molecule has 4 heteroatoms. The normalized spacial score (nSPS) is 11.7. The van der Waals surface area contributed by atoms with Gasteiger partial charge in [-0.2, -0.15) is 5.26 Å². The Morgan fingerprint density at radius 2 is 1.79 bits per heavy atom. The van der Waals surface area contributed by atoms with Crippen molar-refractivity contribution in [2.45, 2.75) is 13.0 Å². The van der Waals surface area contributed by atoms with E-state index in [-0.39, 0.29) is 5.56 Å². The van der Waals surface area contributed by atoms with E-state index in [0.29, 0.717) is 5.69 Å². The minimum atomic E-state index is -0.858. The molecule has 0 radical (unpaired) electrons. The number of nitrogens with one attached hydrogen (secondary N) is 1. The van der Waals surface area contributed by atoms with Crippen LogP contribution in [-0.4, -0.2) is 0 Å². The van der Waals surface area contributed by atoms with E-state index in [1.165, 1.54) is 6.07 Å². The van der Waals surface area contributed by atoms with Gasteiger partial charge in [0.1, 0.15) is 17.7 Å². The summed E-state index contributed by atoms with van der Waals surface area (Å²) in [6.45, 7) is 1.95. The molecule has 2 nitrogen and oxygen atoms in total. The van der Waals surface area contributed by atoms with Crippen LogP contribution >= 0.6 is 0 Å². The van der Waals surface area contributed by atoms with Crippen LogP contribution in [0.5, 0.6) is 0 Å². The first-order valence-electron chi connectivity index (χ1n) is 5.78. The summed E-state index contributed by atoms with van der Waals surface area (Å²) in [6.07, 6.45) is 0. The first-order chi connectivity index (χ1) is 9.10. The number of nitriles is 1. The van der Waals surface area contributed by atoms with Crippen molar-refractivity contribution in [2.24, 2.45) is 0 Å². The maximum Gasteiger partial charge on any atom is 0.143 e. The van der Waals surface area contributed by atoms with Gasteiger partial charge < -0.3 is 5.32 Å². The monoisotopic (exact) mass is 258 g/mol. The summed E-state index contributed by atoms with van der Waals surface area (Å²) in [5, 5.41) is 12.0. The molecule has 1 unspecified atom stereocenters. The number of benzene rings is 2. The summed E-state index contributed by atoms with van der Waals surface area (Å²) in [5.74, 6) is -1.39. The average molecular weight is 258 g/mol. The summed E-state index contributed by atoms with van der Waals surface area (Å²) in [7, 11) is 0. The number of hydrogen-bond acceptors (Lipinski definition) is 2. The molecule has 1 N–H and O–H groups in total. The fourth-order valence-electron chi connectivity index (χ4n) is 1.73. The van der Waals surface area contributed by atoms with Crippen LogP contribution in [0, 0.1) is 29.9 Å². The molecule has 2 aromatic carbocycles. The third-order valence-electron chi connectivity index (χ3n) is 2.77. The maximum atomic E-state index is 13.6. The molecule has 0 bridgehead atoms. The molecule has 0 aliphatic rings. The number of hydrogen-bond donors (Lipinski definition) is 1. The molecule has 0 saturated heterocycles. The quantitative estimate of drug-likeness (QED) is 0.904. The van der Waals surface area contributed by atoms with Crippen LogP contribution in [0.15, 0.2) is 42.5 Å². The maximum absolute atomic E-state index is 13.6. The minimum absolute atomic E-state index is 0.129. The first-order valence-corrected chi connectivity index (χ1v) is 5.78. The van der Waals surface area contributed by atoms with E-state index >= 15 is 0 Å². The molecule has 0 spiro atoms. The molecule has 19 heavy (non-hydrogen) atoms. The average Bonchev–Trinajstić information content (AvgIpc) is 2.39. The predicted octanol–water partition coefficient (Wildman–Crippen LogP) is 3.95. The van der Waals surface area contributed by atoms with Gasteiger partial charge in [-0.3, -0.25) is 0 Å². The third kappa shape index (κ3) is 3.08. The summed E-state index contributed by atoms with van der Waals surface area (Å²) >= 11 is 0. The van der Waals surface area contributed by atoms with Crippen LogP contribution in [0.25, 0.3) is 0 Å². The number of aryl methyl sites for hydroxylation is 1. The Kier molecular flexibility index (Phi) is 3.76. The standard InChI is InChI=1S/C15H12F2N2/c1-10-2-5-12(6-3-10)19-15(9-18)13-7-4-11(16)8-14(13)17/h2-8,15,19H,1H3. The van der Waals surface area contributed by atoms with E-state index in [0.717, 1.165) is 17.7 Å². The van der Waals surface area contributed by atoms with Crippen molar-refractivity contribution in [3.8, 4) is 6.07 Å². The molecule has 0 aliphatic heterocycles. The van der Waals surface area contributed by atoms with E-state index in [1.807, 2.05) is 25.1 Å². The van der Waals surface area contributed by atoms with E-state index in [1.54, 1.807) is 12.1 Å². The second-order valence-corrected chi connectivity index (χ2v) is 4.24. The topological polar surface area (TPSA) is 35.8 Å². The second kappa shape index (κ2) is 5.49. The predicted molar refractivity (Wildman–Crippen MR) is 69.5 cm³/mol. The van der Waals surface area contributed by atoms with Crippen LogP contribution in [0.2, 0.25) is 0 Å². The molecule has 0 saturated carbocycles. The summed E-state index contributed by atoms with van der Waals surface area (Å²) in [5.41, 5.74) is 1.93. The zero-order valence-electron chi connectivity index (χ0n) is 10.3. The highest BCUT2D eigenvalue weighted by atomic mass is 19.1. The van der Waals surface area contributed by atoms with Gasteiger partial charge in [0.2, 0.25) is 0 Å². The summed E-state index contributed by atoms with van der Waals surface area (Å²) < 4.78 is 26.5. The largest absolute Gasteiger partial charge is 0.366 e. The second-order valence-electron chi connectivity index (χ2n) is 4.24. The molecule has 0 heterocycles. The number of nitrogens with zero attached hydrogens (tertiary/aromatic N) is 1. The van der Waals surface area contributed by atoms with Crippen LogP contribution < -0.4 is 5.32 Å². The molecule has 1 atom stereocenters. The molecular weight excluding hydrogens is 246 g/mol. The zero-order valence-corrected chi connectivity index (χ0v) is 10.3. The fourth-order valence-corrected chi connectivity index (χ4v) is 1.73. The number of rotatable bonds is 3. The van der Waals surface area contributed by atoms with Gasteiger partial charge in [0, 0.05) is 17.3 Å². The van der Waals surface area contributed by atoms with Gasteiger partial charge in [-0.1, -0.05) is 23.8 Å². The Bertz CT molecular complexity index is 615. The summed E-state index contributed by atoms with van der Waals surface area (Å²) in [6, 6.07) is 11.7. The van der Waals surface area contributed by atoms with E-state index < -0.39 is 17.7 Å². The smallest absolute Gasteiger partial charge is 0.143 e. The zero-order chi connectivity index (χ0) is 13.8. The van der Waals surface area contributed by atoms with Crippen molar-refractivity contribution in [3.05, 3.63) is 65.2 Å². The SMILES string of the molecule is Cc1ccc(NC(C#N)c2ccc(F)cc2F)cc1. The Hall–Kier alpha value is -2.41. The summed E-state index contributed by atoms with van der Waals surface area (Å²) in [4.78, 5) is 0. The number of halogens is 2. The molecule has 2 aromatic rings. The van der Waals surface area contributed by atoms with Crippen LogP contribution in [0.3, 0.4) is 0 Å². The molecule has 2 rings (SSSR count). The van der Waals surface area contributed by atoms with Gasteiger partial charge in [0.25, 0.3) is 0 Å². The van der Waals surface area contributed by atoms with Crippen LogP contribution in [0.1, 0.15) is 17.2 Å². The Balaban J connectivity index is 2.25. The molecule has 0 aliphatic carbocycles. The van der Waals surface area contributed by atoms with Crippen molar-refractivity contribution < 1.29 is 8.78 Å². The van der Waals surface area contributed by atoms with Gasteiger partial charge in [-0.05, 0) is 25.1 Å². The number of anilines is 1. The van der Waals surface area contributed by atoms with Crippen LogP contribution in [-0.2, 0) is 0 Å². The van der Waals surface area contributed by atoms with Crippen molar-refractivity contribution in [1.29, 1.82) is 5.26 Å². The highest BCUT2D eigenvalue weighted by Crippen LogP contribution is 2.22. The Morgan fingerprint density at radius 3 is 2.37 bits per heavy atom. The van der Waals surface area contributed by atoms with Gasteiger partial charge >= 0.3 is 0 Å². The van der Waals surface area contributed by atoms with Crippen molar-refractivity contribution in [2.75, 3.05) is 5.32 Å². The fraction of sp³-hybridized carbons (Fsp3) is 0.133. The lowest BCUT2D eigenvalue weighted by molar-refractivity contribution is 0.570.